The number of halogens is 1. The number of benzene rings is 1. The van der Waals surface area contributed by atoms with E-state index in [-0.39, 0.29) is 23.6 Å². The number of nitrogens with one attached hydrogen (secondary N) is 1. The number of urea groups is 1. The molecule has 1 unspecified atom stereocenters. The smallest absolute Gasteiger partial charge is 0.317 e. The van der Waals surface area contributed by atoms with Crippen LogP contribution in [0.25, 0.3) is 0 Å². The van der Waals surface area contributed by atoms with Gasteiger partial charge in [-0.1, -0.05) is 28.1 Å². The summed E-state index contributed by atoms with van der Waals surface area (Å²) in [4.78, 5) is 14.1. The van der Waals surface area contributed by atoms with Crippen LogP contribution < -0.4 is 5.32 Å². The molecule has 1 aliphatic heterocycles. The summed E-state index contributed by atoms with van der Waals surface area (Å²) in [6.45, 7) is 1.27. The molecule has 1 atom stereocenters. The first-order valence-electron chi connectivity index (χ1n) is 7.89. The van der Waals surface area contributed by atoms with Gasteiger partial charge in [-0.15, -0.1) is 0 Å². The highest BCUT2D eigenvalue weighted by molar-refractivity contribution is 9.10. The van der Waals surface area contributed by atoms with Crippen LogP contribution in [0.2, 0.25) is 0 Å². The highest BCUT2D eigenvalue weighted by Gasteiger charge is 2.34. The van der Waals surface area contributed by atoms with Crippen molar-refractivity contribution in [2.24, 2.45) is 0 Å². The van der Waals surface area contributed by atoms with Gasteiger partial charge in [0.1, 0.15) is 0 Å². The van der Waals surface area contributed by atoms with Crippen molar-refractivity contribution in [3.63, 3.8) is 0 Å². The minimum atomic E-state index is -3.03. The molecule has 2 amide bonds. The van der Waals surface area contributed by atoms with Crippen LogP contribution >= 0.6 is 15.9 Å². The molecule has 1 aromatic rings. The van der Waals surface area contributed by atoms with Crippen LogP contribution in [0.5, 0.6) is 0 Å². The molecule has 134 valence electrons. The molecule has 2 rings (SSSR count). The van der Waals surface area contributed by atoms with Gasteiger partial charge in [-0.05, 0) is 30.5 Å². The number of sulfone groups is 1. The van der Waals surface area contributed by atoms with Gasteiger partial charge in [0.05, 0.1) is 18.1 Å². The van der Waals surface area contributed by atoms with E-state index in [1.54, 1.807) is 12.0 Å². The van der Waals surface area contributed by atoms with Gasteiger partial charge in [-0.2, -0.15) is 0 Å². The Morgan fingerprint density at radius 2 is 2.25 bits per heavy atom. The highest BCUT2D eigenvalue weighted by Crippen LogP contribution is 2.18. The second-order valence-corrected chi connectivity index (χ2v) is 9.00. The number of carbonyl (C=O) groups is 1. The molecule has 0 aliphatic carbocycles. The van der Waals surface area contributed by atoms with Gasteiger partial charge < -0.3 is 15.0 Å². The number of amides is 2. The molecule has 1 saturated heterocycles. The second kappa shape index (κ2) is 8.82. The first kappa shape index (κ1) is 19.2. The van der Waals surface area contributed by atoms with Gasteiger partial charge >= 0.3 is 6.03 Å². The molecule has 24 heavy (non-hydrogen) atoms. The Morgan fingerprint density at radius 3 is 2.88 bits per heavy atom. The summed E-state index contributed by atoms with van der Waals surface area (Å²) in [7, 11) is -1.47. The second-order valence-electron chi connectivity index (χ2n) is 5.85. The Morgan fingerprint density at radius 1 is 1.46 bits per heavy atom. The van der Waals surface area contributed by atoms with E-state index < -0.39 is 9.84 Å². The Bertz CT molecular complexity index is 666. The first-order chi connectivity index (χ1) is 11.4. The molecule has 0 bridgehead atoms. The summed E-state index contributed by atoms with van der Waals surface area (Å²) in [5.41, 5.74) is 1.12. The lowest BCUT2D eigenvalue weighted by molar-refractivity contribution is 0.134. The zero-order valence-electron chi connectivity index (χ0n) is 13.7. The van der Waals surface area contributed by atoms with Crippen molar-refractivity contribution in [1.82, 2.24) is 10.2 Å². The monoisotopic (exact) mass is 418 g/mol. The lowest BCUT2D eigenvalue weighted by Crippen LogP contribution is -2.48. The third-order valence-electron chi connectivity index (χ3n) is 4.03. The molecule has 0 saturated carbocycles. The zero-order valence-corrected chi connectivity index (χ0v) is 16.1. The average molecular weight is 419 g/mol. The van der Waals surface area contributed by atoms with E-state index in [9.17, 15) is 13.2 Å². The molecule has 0 aromatic heterocycles. The van der Waals surface area contributed by atoms with Crippen molar-refractivity contribution in [3.8, 4) is 0 Å². The maximum atomic E-state index is 12.5. The van der Waals surface area contributed by atoms with Crippen molar-refractivity contribution in [1.29, 1.82) is 0 Å². The first-order valence-corrected chi connectivity index (χ1v) is 10.5. The maximum Gasteiger partial charge on any atom is 0.317 e. The molecule has 1 heterocycles. The van der Waals surface area contributed by atoms with Crippen molar-refractivity contribution in [2.45, 2.75) is 18.9 Å². The van der Waals surface area contributed by atoms with Gasteiger partial charge in [0, 0.05) is 30.7 Å². The number of hydrogen-bond acceptors (Lipinski definition) is 4. The maximum absolute atomic E-state index is 12.5. The van der Waals surface area contributed by atoms with Gasteiger partial charge in [0.25, 0.3) is 0 Å². The topological polar surface area (TPSA) is 75.7 Å². The van der Waals surface area contributed by atoms with Crippen molar-refractivity contribution >= 4 is 31.8 Å². The van der Waals surface area contributed by atoms with Gasteiger partial charge in [0.2, 0.25) is 0 Å². The van der Waals surface area contributed by atoms with Gasteiger partial charge in [-0.3, -0.25) is 0 Å². The quantitative estimate of drug-likeness (QED) is 0.732. The SMILES string of the molecule is COCCN(C(=O)NCCc1cccc(Br)c1)C1CCS(=O)(=O)C1. The summed E-state index contributed by atoms with van der Waals surface area (Å²) < 4.78 is 29.4. The van der Waals surface area contributed by atoms with Crippen molar-refractivity contribution in [2.75, 3.05) is 38.3 Å². The third-order valence-corrected chi connectivity index (χ3v) is 6.27. The lowest BCUT2D eigenvalue weighted by Gasteiger charge is -2.28. The van der Waals surface area contributed by atoms with Gasteiger partial charge in [0.15, 0.2) is 9.84 Å². The van der Waals surface area contributed by atoms with E-state index in [1.807, 2.05) is 24.3 Å². The van der Waals surface area contributed by atoms with Gasteiger partial charge in [-0.25, -0.2) is 13.2 Å². The van der Waals surface area contributed by atoms with Crippen LogP contribution in [0.4, 0.5) is 4.79 Å². The van der Waals surface area contributed by atoms with Crippen LogP contribution in [0.1, 0.15) is 12.0 Å². The van der Waals surface area contributed by atoms with Crippen LogP contribution in [-0.2, 0) is 21.0 Å². The Kier molecular flexibility index (Phi) is 7.06. The number of carbonyl (C=O) groups excluding carboxylic acids is 1. The van der Waals surface area contributed by atoms with Crippen LogP contribution in [0, 0.1) is 0 Å². The summed E-state index contributed by atoms with van der Waals surface area (Å²) in [5, 5.41) is 2.89. The number of ether oxygens (including phenoxy) is 1. The van der Waals surface area contributed by atoms with Crippen LogP contribution in [-0.4, -0.2) is 63.7 Å². The third kappa shape index (κ3) is 5.75. The fraction of sp³-hybridized carbons (Fsp3) is 0.562. The fourth-order valence-corrected chi connectivity index (χ4v) is 4.95. The summed E-state index contributed by atoms with van der Waals surface area (Å²) in [6.07, 6.45) is 1.21. The Hall–Kier alpha value is -1.12. The Balaban J connectivity index is 1.90. The number of nitrogens with zero attached hydrogens (tertiary/aromatic N) is 1. The number of rotatable bonds is 7. The normalized spacial score (nSPS) is 19.2. The van der Waals surface area contributed by atoms with E-state index >= 15 is 0 Å². The zero-order chi connectivity index (χ0) is 17.6. The highest BCUT2D eigenvalue weighted by atomic mass is 79.9. The fourth-order valence-electron chi connectivity index (χ4n) is 2.77. The molecule has 1 aliphatic rings. The standard InChI is InChI=1S/C16H23BrN2O4S/c1-23-9-8-19(15-6-10-24(21,22)12-15)16(20)18-7-5-13-3-2-4-14(17)11-13/h2-4,11,15H,5-10,12H2,1H3,(H,18,20). The van der Waals surface area contributed by atoms with E-state index in [2.05, 4.69) is 21.2 Å². The molecule has 1 fully saturated rings. The number of hydrogen-bond donors (Lipinski definition) is 1. The van der Waals surface area contributed by atoms with E-state index in [4.69, 9.17) is 4.74 Å². The predicted octanol–water partition coefficient (Wildman–Crippen LogP) is 1.84. The van der Waals surface area contributed by atoms with Crippen LogP contribution in [0.15, 0.2) is 28.7 Å². The molecule has 0 radical (unpaired) electrons. The predicted molar refractivity (Wildman–Crippen MR) is 96.9 cm³/mol. The van der Waals surface area contributed by atoms with Crippen molar-refractivity contribution < 1.29 is 17.9 Å². The molecular formula is C16H23BrN2O4S. The minimum Gasteiger partial charge on any atom is -0.383 e. The van der Waals surface area contributed by atoms with E-state index in [1.165, 1.54) is 0 Å². The lowest BCUT2D eigenvalue weighted by atomic mass is 10.1. The summed E-state index contributed by atoms with van der Waals surface area (Å²) in [6, 6.07) is 7.42. The number of methoxy groups -OCH3 is 1. The molecule has 6 nitrogen and oxygen atoms in total. The minimum absolute atomic E-state index is 0.0375. The molecular weight excluding hydrogens is 396 g/mol. The molecule has 8 heteroatoms. The van der Waals surface area contributed by atoms with E-state index in [0.717, 1.165) is 10.0 Å². The molecule has 1 N–H and O–H groups in total. The Labute approximate surface area is 151 Å². The van der Waals surface area contributed by atoms with Crippen LogP contribution in [0.3, 0.4) is 0 Å². The molecule has 1 aromatic carbocycles. The van der Waals surface area contributed by atoms with E-state index in [0.29, 0.717) is 32.5 Å². The van der Waals surface area contributed by atoms with Crippen molar-refractivity contribution in [3.05, 3.63) is 34.3 Å². The largest absolute Gasteiger partial charge is 0.383 e. The molecule has 0 spiro atoms. The average Bonchev–Trinajstić information content (AvgIpc) is 2.88. The summed E-state index contributed by atoms with van der Waals surface area (Å²) in [5.74, 6) is 0.183. The summed E-state index contributed by atoms with van der Waals surface area (Å²) >= 11 is 3.42.